The van der Waals surface area contributed by atoms with E-state index in [0.29, 0.717) is 17.2 Å². The lowest BCUT2D eigenvalue weighted by molar-refractivity contribution is 0.285. The number of benzene rings is 2. The molecular weight excluding hydrogens is 421 g/mol. The topological polar surface area (TPSA) is 36.1 Å². The van der Waals surface area contributed by atoms with E-state index in [0.717, 1.165) is 29.1 Å². The zero-order valence-electron chi connectivity index (χ0n) is 21.8. The number of hydrogen-bond donors (Lipinski definition) is 3. The number of rotatable bonds is 9. The maximum Gasteiger partial charge on any atom is 0.132 e. The van der Waals surface area contributed by atoms with Gasteiger partial charge in [-0.1, -0.05) is 64.3 Å². The lowest BCUT2D eigenvalue weighted by Crippen LogP contribution is -2.43. The van der Waals surface area contributed by atoms with E-state index < -0.39 is 0 Å². The Morgan fingerprint density at radius 3 is 2.47 bits per heavy atom. The van der Waals surface area contributed by atoms with Gasteiger partial charge in [-0.25, -0.2) is 4.39 Å². The summed E-state index contributed by atoms with van der Waals surface area (Å²) in [6, 6.07) is 11.6. The smallest absolute Gasteiger partial charge is 0.132 e. The first-order valence-electron chi connectivity index (χ1n) is 12.2. The number of anilines is 1. The highest BCUT2D eigenvalue weighted by Crippen LogP contribution is 2.42. The van der Waals surface area contributed by atoms with Gasteiger partial charge < -0.3 is 16.0 Å². The van der Waals surface area contributed by atoms with Gasteiger partial charge in [-0.2, -0.15) is 0 Å². The molecule has 0 radical (unpaired) electrons. The Morgan fingerprint density at radius 2 is 1.85 bits per heavy atom. The summed E-state index contributed by atoms with van der Waals surface area (Å²) in [5.41, 5.74) is 7.52. The largest absolute Gasteiger partial charge is 0.377 e. The summed E-state index contributed by atoms with van der Waals surface area (Å²) in [6.45, 7) is 24.5. The molecular formula is C30H40FN3. The predicted molar refractivity (Wildman–Crippen MR) is 144 cm³/mol. The summed E-state index contributed by atoms with van der Waals surface area (Å²) < 4.78 is 14.5. The summed E-state index contributed by atoms with van der Waals surface area (Å²) in [7, 11) is 0. The molecule has 1 heterocycles. The third kappa shape index (κ3) is 5.12. The second-order valence-electron chi connectivity index (χ2n) is 10.3. The average molecular weight is 462 g/mol. The van der Waals surface area contributed by atoms with Crippen LogP contribution in [0.25, 0.3) is 5.70 Å². The van der Waals surface area contributed by atoms with Crippen LogP contribution in [-0.2, 0) is 6.54 Å². The van der Waals surface area contributed by atoms with Crippen LogP contribution < -0.4 is 16.0 Å². The zero-order valence-corrected chi connectivity index (χ0v) is 21.8. The molecule has 4 heteroatoms. The van der Waals surface area contributed by atoms with Gasteiger partial charge in [0.05, 0.1) is 6.04 Å². The van der Waals surface area contributed by atoms with Gasteiger partial charge in [0, 0.05) is 40.6 Å². The molecule has 0 bridgehead atoms. The van der Waals surface area contributed by atoms with E-state index in [1.165, 1.54) is 17.2 Å². The fraction of sp³-hybridized carbons (Fsp3) is 0.400. The van der Waals surface area contributed by atoms with Crippen LogP contribution in [0.5, 0.6) is 0 Å². The van der Waals surface area contributed by atoms with Crippen molar-refractivity contribution >= 4 is 11.4 Å². The van der Waals surface area contributed by atoms with Crippen molar-refractivity contribution in [2.75, 3.05) is 5.32 Å². The number of allylic oxidation sites excluding steroid dienone is 1. The second kappa shape index (κ2) is 10.2. The average Bonchev–Trinajstić information content (AvgIpc) is 3.12. The van der Waals surface area contributed by atoms with Gasteiger partial charge >= 0.3 is 0 Å². The van der Waals surface area contributed by atoms with Crippen LogP contribution in [-0.4, -0.2) is 11.6 Å². The van der Waals surface area contributed by atoms with E-state index in [4.69, 9.17) is 0 Å². The Morgan fingerprint density at radius 1 is 1.18 bits per heavy atom. The van der Waals surface area contributed by atoms with Crippen LogP contribution in [0.2, 0.25) is 0 Å². The van der Waals surface area contributed by atoms with Gasteiger partial charge in [0.25, 0.3) is 0 Å². The van der Waals surface area contributed by atoms with Gasteiger partial charge in [-0.05, 0) is 68.0 Å². The molecule has 34 heavy (non-hydrogen) atoms. The molecule has 3 rings (SSSR count). The van der Waals surface area contributed by atoms with Crippen molar-refractivity contribution in [3.8, 4) is 0 Å². The minimum Gasteiger partial charge on any atom is -0.377 e. The van der Waals surface area contributed by atoms with E-state index >= 15 is 0 Å². The Kier molecular flexibility index (Phi) is 7.72. The summed E-state index contributed by atoms with van der Waals surface area (Å²) in [6.07, 6.45) is 1.98. The van der Waals surface area contributed by atoms with Crippen LogP contribution in [0.1, 0.15) is 69.7 Å². The molecule has 0 amide bonds. The Hall–Kier alpha value is -2.85. The zero-order chi connectivity index (χ0) is 25.2. The molecule has 2 atom stereocenters. The highest BCUT2D eigenvalue weighted by atomic mass is 19.1. The fourth-order valence-corrected chi connectivity index (χ4v) is 4.55. The molecule has 0 aliphatic carbocycles. The van der Waals surface area contributed by atoms with E-state index in [9.17, 15) is 4.39 Å². The van der Waals surface area contributed by atoms with Gasteiger partial charge in [0.2, 0.25) is 0 Å². The minimum atomic E-state index is -0.278. The first-order valence-corrected chi connectivity index (χ1v) is 12.2. The lowest BCUT2D eigenvalue weighted by atomic mass is 9.87. The quantitative estimate of drug-likeness (QED) is 0.344. The molecule has 3 nitrogen and oxygen atoms in total. The normalized spacial score (nSPS) is 18.0. The molecule has 0 saturated carbocycles. The highest BCUT2D eigenvalue weighted by molar-refractivity contribution is 5.69. The van der Waals surface area contributed by atoms with Crippen molar-refractivity contribution in [1.29, 1.82) is 0 Å². The monoisotopic (exact) mass is 461 g/mol. The van der Waals surface area contributed by atoms with Gasteiger partial charge in [0.1, 0.15) is 5.82 Å². The number of nitrogens with one attached hydrogen (secondary N) is 3. The van der Waals surface area contributed by atoms with Crippen LogP contribution >= 0.6 is 0 Å². The molecule has 3 N–H and O–H groups in total. The van der Waals surface area contributed by atoms with E-state index in [-0.39, 0.29) is 23.3 Å². The number of halogens is 1. The third-order valence-electron chi connectivity index (χ3n) is 7.46. The molecule has 0 spiro atoms. The Balaban J connectivity index is 1.79. The molecule has 2 aromatic carbocycles. The Bertz CT molecular complexity index is 1090. The van der Waals surface area contributed by atoms with Crippen molar-refractivity contribution in [2.45, 2.75) is 72.5 Å². The summed E-state index contributed by atoms with van der Waals surface area (Å²) in [5, 5.41) is 10.8. The summed E-state index contributed by atoms with van der Waals surface area (Å²) >= 11 is 0. The lowest BCUT2D eigenvalue weighted by Gasteiger charge is -2.31. The first kappa shape index (κ1) is 25.8. The SMILES string of the molecule is C=C(N/C(=C/C)C(=C)C1Nc2cccc(CNC(C)(C)C(C)C)c2C1C)c1c(C)cccc1F. The molecule has 2 unspecified atom stereocenters. The van der Waals surface area contributed by atoms with Gasteiger partial charge in [-0.15, -0.1) is 0 Å². The third-order valence-corrected chi connectivity index (χ3v) is 7.46. The number of hydrogen-bond acceptors (Lipinski definition) is 3. The molecule has 0 aromatic heterocycles. The fourth-order valence-electron chi connectivity index (χ4n) is 4.55. The molecule has 182 valence electrons. The molecule has 0 fully saturated rings. The van der Waals surface area contributed by atoms with Crippen molar-refractivity contribution < 1.29 is 4.39 Å². The maximum absolute atomic E-state index is 14.5. The standard InChI is InChI=1S/C30H40FN3/c1-10-25(33-22(7)27-19(4)13-11-15-24(27)31)20(5)29-21(6)28-23(14-12-16-26(28)34-29)17-32-30(8,9)18(2)3/h10-16,18,21,29,32-34H,5,7,17H2,1-4,6,8-9H3/b25-10+. The van der Waals surface area contributed by atoms with Crippen molar-refractivity contribution in [3.05, 3.63) is 95.0 Å². The van der Waals surface area contributed by atoms with Crippen molar-refractivity contribution in [3.63, 3.8) is 0 Å². The van der Waals surface area contributed by atoms with Gasteiger partial charge in [-0.3, -0.25) is 0 Å². The number of aryl methyl sites for hydroxylation is 1. The number of fused-ring (bicyclic) bond motifs is 1. The molecule has 1 aliphatic rings. The van der Waals surface area contributed by atoms with E-state index in [1.807, 2.05) is 26.0 Å². The minimum absolute atomic E-state index is 0.0301. The van der Waals surface area contributed by atoms with Crippen LogP contribution in [0.4, 0.5) is 10.1 Å². The predicted octanol–water partition coefficient (Wildman–Crippen LogP) is 7.28. The van der Waals surface area contributed by atoms with E-state index in [2.05, 4.69) is 81.9 Å². The Labute approximate surface area is 205 Å². The summed E-state index contributed by atoms with van der Waals surface area (Å²) in [4.78, 5) is 0. The molecule has 2 aromatic rings. The van der Waals surface area contributed by atoms with Crippen molar-refractivity contribution in [2.24, 2.45) is 5.92 Å². The molecule has 0 saturated heterocycles. The van der Waals surface area contributed by atoms with Gasteiger partial charge in [0.15, 0.2) is 0 Å². The van der Waals surface area contributed by atoms with E-state index in [1.54, 1.807) is 6.07 Å². The van der Waals surface area contributed by atoms with Crippen molar-refractivity contribution in [1.82, 2.24) is 10.6 Å². The maximum atomic E-state index is 14.5. The van der Waals surface area contributed by atoms with Crippen LogP contribution in [0.3, 0.4) is 0 Å². The second-order valence-corrected chi connectivity index (χ2v) is 10.3. The summed E-state index contributed by atoms with van der Waals surface area (Å²) in [5.74, 6) is 0.490. The van der Waals surface area contributed by atoms with Crippen LogP contribution in [0.15, 0.2) is 66.9 Å². The van der Waals surface area contributed by atoms with Crippen LogP contribution in [0, 0.1) is 18.7 Å². The molecule has 1 aliphatic heterocycles. The highest BCUT2D eigenvalue weighted by Gasteiger charge is 2.34. The first-order chi connectivity index (χ1) is 16.0.